The number of para-hydroxylation sites is 1. The normalized spacial score (nSPS) is 10.3. The maximum atomic E-state index is 5.36. The fourth-order valence-electron chi connectivity index (χ4n) is 1.92. The van der Waals surface area contributed by atoms with Crippen LogP contribution in [0.3, 0.4) is 0 Å². The first kappa shape index (κ1) is 11.6. The van der Waals surface area contributed by atoms with Crippen LogP contribution in [0.15, 0.2) is 30.6 Å². The lowest BCUT2D eigenvalue weighted by atomic mass is 10.0. The van der Waals surface area contributed by atoms with Crippen LogP contribution >= 0.6 is 0 Å². The van der Waals surface area contributed by atoms with Gasteiger partial charge in [-0.2, -0.15) is 0 Å². The molecule has 1 aromatic heterocycles. The predicted octanol–water partition coefficient (Wildman–Crippen LogP) is 2.69. The van der Waals surface area contributed by atoms with Crippen LogP contribution in [0.2, 0.25) is 0 Å². The molecule has 1 heterocycles. The Labute approximate surface area is 102 Å². The van der Waals surface area contributed by atoms with E-state index >= 15 is 0 Å². The molecule has 88 valence electrons. The van der Waals surface area contributed by atoms with Gasteiger partial charge in [0.05, 0.1) is 7.11 Å². The smallest absolute Gasteiger partial charge is 0.122 e. The van der Waals surface area contributed by atoms with Crippen LogP contribution in [-0.4, -0.2) is 17.1 Å². The SMILES string of the molecule is COc1ccccc1Cc1c(C)ncnc1C. The number of methoxy groups -OCH3 is 1. The third-order valence-electron chi connectivity index (χ3n) is 2.94. The van der Waals surface area contributed by atoms with Crippen molar-refractivity contribution in [1.29, 1.82) is 0 Å². The minimum Gasteiger partial charge on any atom is -0.496 e. The molecule has 0 fully saturated rings. The Bertz CT molecular complexity index is 503. The first-order chi connectivity index (χ1) is 8.22. The number of rotatable bonds is 3. The van der Waals surface area contributed by atoms with Crippen molar-refractivity contribution < 1.29 is 4.74 Å². The van der Waals surface area contributed by atoms with Crippen molar-refractivity contribution in [3.8, 4) is 5.75 Å². The Morgan fingerprint density at radius 1 is 1.06 bits per heavy atom. The summed E-state index contributed by atoms with van der Waals surface area (Å²) in [5, 5.41) is 0. The lowest BCUT2D eigenvalue weighted by molar-refractivity contribution is 0.410. The summed E-state index contributed by atoms with van der Waals surface area (Å²) in [7, 11) is 1.69. The molecule has 0 bridgehead atoms. The zero-order chi connectivity index (χ0) is 12.3. The van der Waals surface area contributed by atoms with Crippen molar-refractivity contribution >= 4 is 0 Å². The zero-order valence-electron chi connectivity index (χ0n) is 10.4. The van der Waals surface area contributed by atoms with Crippen LogP contribution in [0, 0.1) is 13.8 Å². The first-order valence-corrected chi connectivity index (χ1v) is 5.61. The molecule has 0 aliphatic heterocycles. The molecule has 0 amide bonds. The summed E-state index contributed by atoms with van der Waals surface area (Å²) < 4.78 is 5.36. The van der Waals surface area contributed by atoms with Gasteiger partial charge in [-0.15, -0.1) is 0 Å². The lowest BCUT2D eigenvalue weighted by Crippen LogP contribution is -2.01. The topological polar surface area (TPSA) is 35.0 Å². The standard InChI is InChI=1S/C14H16N2O/c1-10-13(11(2)16-9-15-10)8-12-6-4-5-7-14(12)17-3/h4-7,9H,8H2,1-3H3. The summed E-state index contributed by atoms with van der Waals surface area (Å²) in [6, 6.07) is 8.05. The molecule has 0 aliphatic carbocycles. The molecule has 3 heteroatoms. The molecular weight excluding hydrogens is 212 g/mol. The third kappa shape index (κ3) is 2.44. The third-order valence-corrected chi connectivity index (χ3v) is 2.94. The minimum atomic E-state index is 0.808. The summed E-state index contributed by atoms with van der Waals surface area (Å²) in [5.41, 5.74) is 4.40. The molecule has 0 saturated heterocycles. The molecule has 0 spiro atoms. The van der Waals surface area contributed by atoms with Gasteiger partial charge >= 0.3 is 0 Å². The second kappa shape index (κ2) is 4.95. The molecule has 0 unspecified atom stereocenters. The molecule has 2 rings (SSSR count). The van der Waals surface area contributed by atoms with Crippen molar-refractivity contribution in [1.82, 2.24) is 9.97 Å². The van der Waals surface area contributed by atoms with E-state index in [1.807, 2.05) is 32.0 Å². The summed E-state index contributed by atoms with van der Waals surface area (Å²) in [5.74, 6) is 0.912. The van der Waals surface area contributed by atoms with Gasteiger partial charge in [0.2, 0.25) is 0 Å². The maximum absolute atomic E-state index is 5.36. The number of nitrogens with zero attached hydrogens (tertiary/aromatic N) is 2. The first-order valence-electron chi connectivity index (χ1n) is 5.61. The summed E-state index contributed by atoms with van der Waals surface area (Å²) >= 11 is 0. The van der Waals surface area contributed by atoms with E-state index in [4.69, 9.17) is 4.74 Å². The average Bonchev–Trinajstić information content (AvgIpc) is 2.34. The van der Waals surface area contributed by atoms with Gasteiger partial charge in [0, 0.05) is 17.8 Å². The zero-order valence-corrected chi connectivity index (χ0v) is 10.4. The van der Waals surface area contributed by atoms with Crippen LogP contribution in [0.5, 0.6) is 5.75 Å². The maximum Gasteiger partial charge on any atom is 0.122 e. The van der Waals surface area contributed by atoms with Crippen molar-refractivity contribution in [2.45, 2.75) is 20.3 Å². The number of aryl methyl sites for hydroxylation is 2. The Kier molecular flexibility index (Phi) is 3.38. The second-order valence-electron chi connectivity index (χ2n) is 4.01. The summed E-state index contributed by atoms with van der Waals surface area (Å²) in [6.45, 7) is 4.03. The van der Waals surface area contributed by atoms with Crippen molar-refractivity contribution in [3.05, 3.63) is 53.1 Å². The summed E-state index contributed by atoms with van der Waals surface area (Å²) in [4.78, 5) is 8.48. The number of benzene rings is 1. The highest BCUT2D eigenvalue weighted by molar-refractivity contribution is 5.39. The number of hydrogen-bond acceptors (Lipinski definition) is 3. The van der Waals surface area contributed by atoms with E-state index in [1.54, 1.807) is 13.4 Å². The van der Waals surface area contributed by atoms with Gasteiger partial charge in [-0.3, -0.25) is 0 Å². The van der Waals surface area contributed by atoms with Crippen LogP contribution in [0.4, 0.5) is 0 Å². The largest absolute Gasteiger partial charge is 0.496 e. The van der Waals surface area contributed by atoms with Gasteiger partial charge in [-0.05, 0) is 31.0 Å². The van der Waals surface area contributed by atoms with Crippen molar-refractivity contribution in [2.75, 3.05) is 7.11 Å². The van der Waals surface area contributed by atoms with Gasteiger partial charge in [-0.1, -0.05) is 18.2 Å². The van der Waals surface area contributed by atoms with Crippen LogP contribution in [-0.2, 0) is 6.42 Å². The molecular formula is C14H16N2O. The van der Waals surface area contributed by atoms with Crippen molar-refractivity contribution in [2.24, 2.45) is 0 Å². The molecule has 0 N–H and O–H groups in total. The van der Waals surface area contributed by atoms with E-state index < -0.39 is 0 Å². The number of ether oxygens (including phenoxy) is 1. The van der Waals surface area contributed by atoms with E-state index in [9.17, 15) is 0 Å². The van der Waals surface area contributed by atoms with Gasteiger partial charge in [0.15, 0.2) is 0 Å². The number of hydrogen-bond donors (Lipinski definition) is 0. The Balaban J connectivity index is 2.38. The van der Waals surface area contributed by atoms with Gasteiger partial charge in [0.25, 0.3) is 0 Å². The van der Waals surface area contributed by atoms with Crippen molar-refractivity contribution in [3.63, 3.8) is 0 Å². The van der Waals surface area contributed by atoms with Crippen LogP contribution in [0.1, 0.15) is 22.5 Å². The Morgan fingerprint density at radius 3 is 2.35 bits per heavy atom. The van der Waals surface area contributed by atoms with Gasteiger partial charge < -0.3 is 4.74 Å². The Morgan fingerprint density at radius 2 is 1.71 bits per heavy atom. The van der Waals surface area contributed by atoms with E-state index in [0.29, 0.717) is 0 Å². The Hall–Kier alpha value is -1.90. The monoisotopic (exact) mass is 228 g/mol. The van der Waals surface area contributed by atoms with Crippen LogP contribution < -0.4 is 4.74 Å². The minimum absolute atomic E-state index is 0.808. The highest BCUT2D eigenvalue weighted by atomic mass is 16.5. The lowest BCUT2D eigenvalue weighted by Gasteiger charge is -2.11. The molecule has 17 heavy (non-hydrogen) atoms. The van der Waals surface area contributed by atoms with E-state index in [2.05, 4.69) is 16.0 Å². The molecule has 2 aromatic rings. The quantitative estimate of drug-likeness (QED) is 0.810. The van der Waals surface area contributed by atoms with E-state index in [1.165, 1.54) is 5.56 Å². The molecule has 0 radical (unpaired) electrons. The predicted molar refractivity (Wildman–Crippen MR) is 67.3 cm³/mol. The van der Waals surface area contributed by atoms with E-state index in [0.717, 1.165) is 29.1 Å². The van der Waals surface area contributed by atoms with Gasteiger partial charge in [-0.25, -0.2) is 9.97 Å². The molecule has 0 saturated carbocycles. The highest BCUT2D eigenvalue weighted by Crippen LogP contribution is 2.22. The summed E-state index contributed by atoms with van der Waals surface area (Å²) in [6.07, 6.45) is 2.42. The highest BCUT2D eigenvalue weighted by Gasteiger charge is 2.08. The van der Waals surface area contributed by atoms with E-state index in [-0.39, 0.29) is 0 Å². The molecule has 0 aliphatic rings. The van der Waals surface area contributed by atoms with Gasteiger partial charge in [0.1, 0.15) is 12.1 Å². The fourth-order valence-corrected chi connectivity index (χ4v) is 1.92. The fraction of sp³-hybridized carbons (Fsp3) is 0.286. The molecule has 1 aromatic carbocycles. The second-order valence-corrected chi connectivity index (χ2v) is 4.01. The number of aromatic nitrogens is 2. The van der Waals surface area contributed by atoms with Crippen LogP contribution in [0.25, 0.3) is 0 Å². The molecule has 3 nitrogen and oxygen atoms in total. The average molecular weight is 228 g/mol. The molecule has 0 atom stereocenters.